The van der Waals surface area contributed by atoms with Crippen molar-refractivity contribution in [2.24, 2.45) is 27.9 Å². The van der Waals surface area contributed by atoms with Crippen LogP contribution in [0.3, 0.4) is 0 Å². The smallest absolute Gasteiger partial charge is 0.294 e. The summed E-state index contributed by atoms with van der Waals surface area (Å²) < 4.78 is 0. The van der Waals surface area contributed by atoms with Gasteiger partial charge >= 0.3 is 0 Å². The summed E-state index contributed by atoms with van der Waals surface area (Å²) in [5, 5.41) is 19.9. The summed E-state index contributed by atoms with van der Waals surface area (Å²) >= 11 is 0. The molecule has 5 atom stereocenters. The van der Waals surface area contributed by atoms with Crippen LogP contribution in [0.15, 0.2) is 0 Å². The molecule has 2 aliphatic carbocycles. The van der Waals surface area contributed by atoms with E-state index in [-0.39, 0.29) is 10.8 Å². The molecule has 2 aliphatic rings. The van der Waals surface area contributed by atoms with Crippen molar-refractivity contribution in [2.45, 2.75) is 65.4 Å². The van der Waals surface area contributed by atoms with E-state index in [0.29, 0.717) is 18.9 Å². The lowest BCUT2D eigenvalue weighted by molar-refractivity contribution is -0.794. The molecule has 9 nitrogen and oxygen atoms in total. The van der Waals surface area contributed by atoms with Gasteiger partial charge in [0.1, 0.15) is 12.7 Å². The molecule has 5 unspecified atom stereocenters. The molecule has 2 saturated carbocycles. The van der Waals surface area contributed by atoms with E-state index in [4.69, 9.17) is 10.6 Å². The van der Waals surface area contributed by atoms with Crippen LogP contribution >= 0.6 is 0 Å². The van der Waals surface area contributed by atoms with Crippen molar-refractivity contribution in [3.63, 3.8) is 0 Å². The van der Waals surface area contributed by atoms with Crippen LogP contribution in [0.25, 0.3) is 0 Å². The number of nitrogens with two attached hydrogens (primary N) is 1. The first kappa shape index (κ1) is 19.7. The molecule has 144 valence electrons. The zero-order valence-electron chi connectivity index (χ0n) is 15.2. The van der Waals surface area contributed by atoms with Crippen LogP contribution in [-0.2, 0) is 9.68 Å². The zero-order valence-corrected chi connectivity index (χ0v) is 15.2. The number of rotatable bonds is 8. The Morgan fingerprint density at radius 3 is 2.40 bits per heavy atom. The van der Waals surface area contributed by atoms with E-state index >= 15 is 0 Å². The van der Waals surface area contributed by atoms with Crippen LogP contribution in [0, 0.1) is 42.4 Å². The van der Waals surface area contributed by atoms with Crippen LogP contribution < -0.4 is 5.73 Å². The highest BCUT2D eigenvalue weighted by atomic mass is 17.0. The van der Waals surface area contributed by atoms with Crippen molar-refractivity contribution in [3.05, 3.63) is 20.2 Å². The molecule has 0 spiro atoms. The van der Waals surface area contributed by atoms with Crippen LogP contribution in [0.4, 0.5) is 0 Å². The lowest BCUT2D eigenvalue weighted by Crippen LogP contribution is -2.56. The molecule has 2 bridgehead atoms. The monoisotopic (exact) mass is 359 g/mol. The van der Waals surface area contributed by atoms with E-state index in [1.807, 2.05) is 0 Å². The Morgan fingerprint density at radius 1 is 1.16 bits per heavy atom. The lowest BCUT2D eigenvalue weighted by Gasteiger charge is -2.60. The second kappa shape index (κ2) is 6.93. The second-order valence-electron chi connectivity index (χ2n) is 8.90. The van der Waals surface area contributed by atoms with Gasteiger partial charge in [-0.1, -0.05) is 20.8 Å². The van der Waals surface area contributed by atoms with Gasteiger partial charge in [-0.05, 0) is 61.8 Å². The second-order valence-corrected chi connectivity index (χ2v) is 8.90. The zero-order chi connectivity index (χ0) is 18.9. The van der Waals surface area contributed by atoms with Gasteiger partial charge in [0, 0.05) is 5.41 Å². The fourth-order valence-electron chi connectivity index (χ4n) is 6.25. The van der Waals surface area contributed by atoms with Gasteiger partial charge in [-0.15, -0.1) is 20.2 Å². The predicted molar refractivity (Wildman–Crippen MR) is 89.4 cm³/mol. The Morgan fingerprint density at radius 2 is 1.84 bits per heavy atom. The number of fused-ring (bicyclic) bond motifs is 2. The summed E-state index contributed by atoms with van der Waals surface area (Å²) in [5.41, 5.74) is 5.25. The maximum Gasteiger partial charge on any atom is 0.294 e. The number of hydrogen-bond donors (Lipinski definition) is 1. The third-order valence-corrected chi connectivity index (χ3v) is 5.98. The third-order valence-electron chi connectivity index (χ3n) is 5.98. The normalized spacial score (nSPS) is 38.6. The van der Waals surface area contributed by atoms with Crippen LogP contribution in [0.2, 0.25) is 0 Å². The van der Waals surface area contributed by atoms with Gasteiger partial charge in [0.2, 0.25) is 0 Å². The largest absolute Gasteiger partial charge is 0.330 e. The van der Waals surface area contributed by atoms with E-state index in [1.54, 1.807) is 0 Å². The first-order valence-corrected chi connectivity index (χ1v) is 8.80. The van der Waals surface area contributed by atoms with Crippen LogP contribution in [0.5, 0.6) is 0 Å². The van der Waals surface area contributed by atoms with E-state index in [9.17, 15) is 20.2 Å². The lowest BCUT2D eigenvalue weighted by atomic mass is 9.45. The van der Waals surface area contributed by atoms with Gasteiger partial charge < -0.3 is 15.4 Å². The minimum atomic E-state index is -0.952. The molecule has 0 saturated heterocycles. The average Bonchev–Trinajstić information content (AvgIpc) is 2.39. The van der Waals surface area contributed by atoms with E-state index in [2.05, 4.69) is 25.6 Å². The first-order valence-electron chi connectivity index (χ1n) is 8.80. The third kappa shape index (κ3) is 4.50. The molecule has 25 heavy (non-hydrogen) atoms. The molecule has 9 heteroatoms. The average molecular weight is 359 g/mol. The van der Waals surface area contributed by atoms with Gasteiger partial charge in [0.05, 0.1) is 0 Å². The summed E-state index contributed by atoms with van der Waals surface area (Å²) in [4.78, 5) is 31.1. The van der Waals surface area contributed by atoms with Crippen molar-refractivity contribution in [2.75, 3.05) is 13.2 Å². The number of hydrogen-bond acceptors (Lipinski definition) is 7. The molecule has 0 aromatic carbocycles. The molecular formula is C16H29N3O6. The molecule has 0 heterocycles. The summed E-state index contributed by atoms with van der Waals surface area (Å²) in [6, 6.07) is 0. The molecule has 0 aliphatic heterocycles. The summed E-state index contributed by atoms with van der Waals surface area (Å²) in [6.45, 7) is 6.64. The van der Waals surface area contributed by atoms with Crippen molar-refractivity contribution < 1.29 is 19.8 Å². The molecule has 2 fully saturated rings. The Hall–Kier alpha value is -1.64. The molecule has 0 radical (unpaired) electrons. The fourth-order valence-corrected chi connectivity index (χ4v) is 6.25. The van der Waals surface area contributed by atoms with E-state index < -0.39 is 28.3 Å². The molecule has 0 aromatic rings. The Balaban J connectivity index is 2.38. The maximum absolute atomic E-state index is 11.0. The van der Waals surface area contributed by atoms with E-state index in [1.165, 1.54) is 0 Å². The molecule has 0 aromatic heterocycles. The Bertz CT molecular complexity index is 530. The van der Waals surface area contributed by atoms with Gasteiger partial charge in [0.25, 0.3) is 10.2 Å². The number of nitrogens with zero attached hydrogens (tertiary/aromatic N) is 2. The quantitative estimate of drug-likeness (QED) is 0.520. The maximum atomic E-state index is 11.0. The predicted octanol–water partition coefficient (Wildman–Crippen LogP) is 2.73. The van der Waals surface area contributed by atoms with Crippen molar-refractivity contribution >= 4 is 0 Å². The molecule has 0 amide bonds. The van der Waals surface area contributed by atoms with Gasteiger partial charge in [-0.25, -0.2) is 0 Å². The van der Waals surface area contributed by atoms with Crippen molar-refractivity contribution in [3.8, 4) is 0 Å². The van der Waals surface area contributed by atoms with Crippen LogP contribution in [0.1, 0.15) is 59.3 Å². The van der Waals surface area contributed by atoms with E-state index in [0.717, 1.165) is 32.1 Å². The van der Waals surface area contributed by atoms with Gasteiger partial charge in [-0.2, -0.15) is 0 Å². The fraction of sp³-hybridized carbons (Fsp3) is 1.00. The summed E-state index contributed by atoms with van der Waals surface area (Å²) in [6.07, 6.45) is 4.11. The van der Waals surface area contributed by atoms with Crippen molar-refractivity contribution in [1.29, 1.82) is 0 Å². The highest BCUT2D eigenvalue weighted by Gasteiger charge is 2.58. The first-order chi connectivity index (χ1) is 11.5. The molecule has 2 rings (SSSR count). The standard InChI is InChI=1S/C16H29N3O6/c1-12-6-15(3)9-14(2,4-5-17)10-16(7-12,11-15)13(25-19(22)23)8-24-18(20)21/h12-13H,4-11,17H2,1-3H3. The SMILES string of the molecule is CC1CC2(C)CC(C)(CCN)CC(C(CO[N+](=O)[O-])O[N+](=O)[O-])(C1)C2. The Labute approximate surface area is 147 Å². The Kier molecular flexibility index (Phi) is 5.46. The molecular weight excluding hydrogens is 330 g/mol. The highest BCUT2D eigenvalue weighted by Crippen LogP contribution is 2.64. The van der Waals surface area contributed by atoms with Gasteiger partial charge in [0.15, 0.2) is 0 Å². The minimum Gasteiger partial charge on any atom is -0.330 e. The van der Waals surface area contributed by atoms with Gasteiger partial charge in [-0.3, -0.25) is 0 Å². The minimum absolute atomic E-state index is 0.0205. The summed E-state index contributed by atoms with van der Waals surface area (Å²) in [7, 11) is 0. The molecule has 2 N–H and O–H groups in total. The topological polar surface area (TPSA) is 131 Å². The summed E-state index contributed by atoms with van der Waals surface area (Å²) in [5.74, 6) is 0.370. The highest BCUT2D eigenvalue weighted by molar-refractivity contribution is 5.07. The van der Waals surface area contributed by atoms with Crippen LogP contribution in [-0.4, -0.2) is 29.4 Å². The van der Waals surface area contributed by atoms with Crippen molar-refractivity contribution in [1.82, 2.24) is 0 Å².